The van der Waals surface area contributed by atoms with Crippen LogP contribution < -0.4 is 10.5 Å². The molecule has 0 aliphatic heterocycles. The molecular weight excluding hydrogens is 262 g/mol. The largest absolute Gasteiger partial charge is 0.489 e. The minimum absolute atomic E-state index is 0.0210. The first kappa shape index (κ1) is 14.0. The average Bonchev–Trinajstić information content (AvgIpc) is 3.22. The molecule has 1 aromatic carbocycles. The third-order valence-electron chi connectivity index (χ3n) is 3.12. The molecule has 1 unspecified atom stereocenters. The standard InChI is InChI=1S/C14H20ClN3O/c1-10(19-13-7-3-11(15)4-8-13)9-17-14(16)18(2)12-5-6-12/h3-4,7-8,10,12H,5-6,9H2,1-2H3,(H2,16,17). The van der Waals surface area contributed by atoms with Crippen LogP contribution >= 0.6 is 11.6 Å². The second-order valence-corrected chi connectivity index (χ2v) is 5.36. The quantitative estimate of drug-likeness (QED) is 0.666. The predicted octanol–water partition coefficient (Wildman–Crippen LogP) is 2.52. The van der Waals surface area contributed by atoms with Gasteiger partial charge in [-0.1, -0.05) is 11.6 Å². The molecule has 4 nitrogen and oxygen atoms in total. The van der Waals surface area contributed by atoms with Gasteiger partial charge in [0.2, 0.25) is 0 Å². The zero-order chi connectivity index (χ0) is 13.8. The van der Waals surface area contributed by atoms with Crippen LogP contribution in [0.5, 0.6) is 5.75 Å². The molecule has 2 rings (SSSR count). The zero-order valence-electron chi connectivity index (χ0n) is 11.3. The van der Waals surface area contributed by atoms with Crippen molar-refractivity contribution >= 4 is 17.6 Å². The number of guanidine groups is 1. The SMILES string of the molecule is CC(CN=C(N)N(C)C1CC1)Oc1ccc(Cl)cc1. The Hall–Kier alpha value is -1.42. The Morgan fingerprint density at radius 1 is 1.47 bits per heavy atom. The summed E-state index contributed by atoms with van der Waals surface area (Å²) in [7, 11) is 1.99. The monoisotopic (exact) mass is 281 g/mol. The summed E-state index contributed by atoms with van der Waals surface area (Å²) in [4.78, 5) is 6.40. The lowest BCUT2D eigenvalue weighted by molar-refractivity contribution is 0.230. The van der Waals surface area contributed by atoms with Gasteiger partial charge >= 0.3 is 0 Å². The highest BCUT2D eigenvalue weighted by Crippen LogP contribution is 2.24. The molecule has 1 saturated carbocycles. The maximum absolute atomic E-state index is 5.92. The summed E-state index contributed by atoms with van der Waals surface area (Å²) in [5.41, 5.74) is 5.92. The lowest BCUT2D eigenvalue weighted by Gasteiger charge is -2.18. The van der Waals surface area contributed by atoms with E-state index in [1.165, 1.54) is 12.8 Å². The molecule has 1 aliphatic carbocycles. The molecule has 0 amide bonds. The van der Waals surface area contributed by atoms with E-state index in [0.29, 0.717) is 23.6 Å². The number of hydrogen-bond acceptors (Lipinski definition) is 2. The molecule has 1 atom stereocenters. The summed E-state index contributed by atoms with van der Waals surface area (Å²) in [6.07, 6.45) is 2.40. The van der Waals surface area contributed by atoms with E-state index in [0.717, 1.165) is 5.75 Å². The predicted molar refractivity (Wildman–Crippen MR) is 78.8 cm³/mol. The van der Waals surface area contributed by atoms with Crippen LogP contribution in [0.15, 0.2) is 29.3 Å². The van der Waals surface area contributed by atoms with Crippen LogP contribution in [0.4, 0.5) is 0 Å². The van der Waals surface area contributed by atoms with Crippen molar-refractivity contribution in [2.24, 2.45) is 10.7 Å². The number of hydrogen-bond donors (Lipinski definition) is 1. The van der Waals surface area contributed by atoms with Crippen molar-refractivity contribution in [2.45, 2.75) is 31.9 Å². The van der Waals surface area contributed by atoms with E-state index >= 15 is 0 Å². The minimum atomic E-state index is -0.0210. The van der Waals surface area contributed by atoms with Gasteiger partial charge < -0.3 is 15.4 Å². The molecule has 0 spiro atoms. The topological polar surface area (TPSA) is 50.8 Å². The average molecular weight is 282 g/mol. The molecule has 0 heterocycles. The fourth-order valence-corrected chi connectivity index (χ4v) is 1.89. The van der Waals surface area contributed by atoms with Gasteiger partial charge in [-0.05, 0) is 44.0 Å². The van der Waals surface area contributed by atoms with E-state index in [-0.39, 0.29) is 6.10 Å². The molecule has 19 heavy (non-hydrogen) atoms. The van der Waals surface area contributed by atoms with Crippen LogP contribution in [0, 0.1) is 0 Å². The van der Waals surface area contributed by atoms with E-state index in [9.17, 15) is 0 Å². The summed E-state index contributed by atoms with van der Waals surface area (Å²) in [5, 5.41) is 0.702. The van der Waals surface area contributed by atoms with Crippen molar-refractivity contribution in [1.29, 1.82) is 0 Å². The maximum Gasteiger partial charge on any atom is 0.191 e. The molecule has 5 heteroatoms. The third kappa shape index (κ3) is 4.31. The van der Waals surface area contributed by atoms with Gasteiger partial charge in [-0.25, -0.2) is 4.99 Å². The number of nitrogens with two attached hydrogens (primary N) is 1. The van der Waals surface area contributed by atoms with Crippen molar-refractivity contribution < 1.29 is 4.74 Å². The Kier molecular flexibility index (Phi) is 4.53. The van der Waals surface area contributed by atoms with E-state index in [2.05, 4.69) is 4.99 Å². The van der Waals surface area contributed by atoms with Gasteiger partial charge in [0.25, 0.3) is 0 Å². The van der Waals surface area contributed by atoms with Crippen molar-refractivity contribution in [3.8, 4) is 5.75 Å². The smallest absolute Gasteiger partial charge is 0.191 e. The van der Waals surface area contributed by atoms with Crippen molar-refractivity contribution in [2.75, 3.05) is 13.6 Å². The van der Waals surface area contributed by atoms with Crippen LogP contribution in [0.3, 0.4) is 0 Å². The first-order valence-corrected chi connectivity index (χ1v) is 6.89. The highest BCUT2D eigenvalue weighted by Gasteiger charge is 2.27. The maximum atomic E-state index is 5.92. The molecule has 0 saturated heterocycles. The minimum Gasteiger partial charge on any atom is -0.489 e. The summed E-state index contributed by atoms with van der Waals surface area (Å²) < 4.78 is 5.74. The first-order chi connectivity index (χ1) is 9.06. The number of benzene rings is 1. The van der Waals surface area contributed by atoms with E-state index in [1.54, 1.807) is 0 Å². The number of rotatable bonds is 5. The molecule has 0 aromatic heterocycles. The fraction of sp³-hybridized carbons (Fsp3) is 0.500. The summed E-state index contributed by atoms with van der Waals surface area (Å²) in [6.45, 7) is 2.52. The van der Waals surface area contributed by atoms with Gasteiger partial charge in [0.05, 0.1) is 6.54 Å². The molecule has 0 radical (unpaired) electrons. The Labute approximate surface area is 119 Å². The van der Waals surface area contributed by atoms with Gasteiger partial charge in [0, 0.05) is 18.1 Å². The van der Waals surface area contributed by atoms with Crippen LogP contribution in [0.25, 0.3) is 0 Å². The highest BCUT2D eigenvalue weighted by molar-refractivity contribution is 6.30. The second-order valence-electron chi connectivity index (χ2n) is 4.92. The number of ether oxygens (including phenoxy) is 1. The van der Waals surface area contributed by atoms with E-state index < -0.39 is 0 Å². The summed E-state index contributed by atoms with van der Waals surface area (Å²) >= 11 is 5.82. The van der Waals surface area contributed by atoms with Crippen LogP contribution in [0.1, 0.15) is 19.8 Å². The number of halogens is 1. The number of aliphatic imine (C=N–C) groups is 1. The van der Waals surface area contributed by atoms with Gasteiger partial charge in [0.1, 0.15) is 11.9 Å². The third-order valence-corrected chi connectivity index (χ3v) is 3.37. The molecule has 104 valence electrons. The van der Waals surface area contributed by atoms with E-state index in [1.807, 2.05) is 43.1 Å². The highest BCUT2D eigenvalue weighted by atomic mass is 35.5. The molecule has 0 bridgehead atoms. The lowest BCUT2D eigenvalue weighted by atomic mass is 10.3. The Balaban J connectivity index is 1.81. The van der Waals surface area contributed by atoms with Crippen LogP contribution in [-0.4, -0.2) is 36.6 Å². The van der Waals surface area contributed by atoms with Crippen molar-refractivity contribution in [1.82, 2.24) is 4.90 Å². The summed E-state index contributed by atoms with van der Waals surface area (Å²) in [6, 6.07) is 7.89. The Bertz CT molecular complexity index is 443. The van der Waals surface area contributed by atoms with Gasteiger partial charge in [-0.15, -0.1) is 0 Å². The van der Waals surface area contributed by atoms with Gasteiger partial charge in [0.15, 0.2) is 5.96 Å². The fourth-order valence-electron chi connectivity index (χ4n) is 1.77. The van der Waals surface area contributed by atoms with Crippen molar-refractivity contribution in [3.63, 3.8) is 0 Å². The molecule has 1 fully saturated rings. The molecule has 2 N–H and O–H groups in total. The van der Waals surface area contributed by atoms with Gasteiger partial charge in [-0.2, -0.15) is 0 Å². The van der Waals surface area contributed by atoms with E-state index in [4.69, 9.17) is 22.1 Å². The first-order valence-electron chi connectivity index (χ1n) is 6.51. The Morgan fingerprint density at radius 3 is 2.68 bits per heavy atom. The van der Waals surface area contributed by atoms with Crippen LogP contribution in [-0.2, 0) is 0 Å². The summed E-state index contributed by atoms with van der Waals surface area (Å²) in [5.74, 6) is 1.38. The van der Waals surface area contributed by atoms with Crippen molar-refractivity contribution in [3.05, 3.63) is 29.3 Å². The molecule has 1 aromatic rings. The normalized spacial score (nSPS) is 17.1. The van der Waals surface area contributed by atoms with Crippen LogP contribution in [0.2, 0.25) is 5.02 Å². The Morgan fingerprint density at radius 2 is 2.11 bits per heavy atom. The second kappa shape index (κ2) is 6.15. The molecule has 1 aliphatic rings. The van der Waals surface area contributed by atoms with Gasteiger partial charge in [-0.3, -0.25) is 0 Å². The number of nitrogens with zero attached hydrogens (tertiary/aromatic N) is 2. The lowest BCUT2D eigenvalue weighted by Crippen LogP contribution is -2.36. The zero-order valence-corrected chi connectivity index (χ0v) is 12.1. The molecular formula is C14H20ClN3O.